The normalized spacial score (nSPS) is 22.7. The summed E-state index contributed by atoms with van der Waals surface area (Å²) < 4.78 is 21.6. The van der Waals surface area contributed by atoms with Crippen LogP contribution in [0.15, 0.2) is 12.1 Å². The van der Waals surface area contributed by atoms with Crippen LogP contribution < -0.4 is 0 Å². The van der Waals surface area contributed by atoms with Crippen molar-refractivity contribution in [2.75, 3.05) is 6.61 Å². The Balaban J connectivity index is 1.98. The van der Waals surface area contributed by atoms with E-state index in [0.29, 0.717) is 22.4 Å². The zero-order valence-corrected chi connectivity index (χ0v) is 12.0. The number of halogens is 2. The first-order valence-corrected chi connectivity index (χ1v) is 7.09. The van der Waals surface area contributed by atoms with E-state index < -0.39 is 5.82 Å². The minimum Gasteiger partial charge on any atom is -0.378 e. The molecule has 3 rings (SSSR count). The minimum absolute atomic E-state index is 0.121. The highest BCUT2D eigenvalue weighted by Gasteiger charge is 2.32. The summed E-state index contributed by atoms with van der Waals surface area (Å²) in [6.45, 7) is 2.72. The van der Waals surface area contributed by atoms with Crippen LogP contribution in [0.2, 0.25) is 5.02 Å². The molecule has 19 heavy (non-hydrogen) atoms. The van der Waals surface area contributed by atoms with E-state index in [1.807, 2.05) is 11.5 Å². The molecule has 102 valence electrons. The van der Waals surface area contributed by atoms with E-state index in [9.17, 15) is 4.39 Å². The van der Waals surface area contributed by atoms with E-state index in [-0.39, 0.29) is 5.02 Å². The lowest BCUT2D eigenvalue weighted by molar-refractivity contribution is -0.0190. The number of fused-ring (bicyclic) bond motifs is 1. The average Bonchev–Trinajstić information content (AvgIpc) is 2.60. The number of imidazole rings is 1. The van der Waals surface area contributed by atoms with E-state index >= 15 is 0 Å². The van der Waals surface area contributed by atoms with E-state index in [1.54, 1.807) is 6.07 Å². The van der Waals surface area contributed by atoms with Crippen molar-refractivity contribution in [1.82, 2.24) is 9.55 Å². The average molecular weight is 301 g/mol. The molecule has 1 saturated carbocycles. The van der Waals surface area contributed by atoms with Gasteiger partial charge in [-0.2, -0.15) is 0 Å². The van der Waals surface area contributed by atoms with E-state index in [1.165, 1.54) is 6.07 Å². The summed E-state index contributed by atoms with van der Waals surface area (Å²) in [7, 11) is 0. The highest BCUT2D eigenvalue weighted by molar-refractivity contribution is 7.71. The maximum Gasteiger partial charge on any atom is 0.178 e. The number of hydrogen-bond acceptors (Lipinski definition) is 2. The molecular formula is C13H14ClFN2OS. The number of H-pyrrole nitrogens is 1. The van der Waals surface area contributed by atoms with Gasteiger partial charge >= 0.3 is 0 Å². The predicted octanol–water partition coefficient (Wildman–Crippen LogP) is 4.23. The molecule has 1 heterocycles. The molecule has 0 aliphatic heterocycles. The third kappa shape index (κ3) is 2.20. The van der Waals surface area contributed by atoms with Gasteiger partial charge in [0.2, 0.25) is 0 Å². The fourth-order valence-corrected chi connectivity index (χ4v) is 3.12. The molecule has 1 aliphatic rings. The van der Waals surface area contributed by atoms with E-state index in [4.69, 9.17) is 28.6 Å². The number of aromatic amines is 1. The smallest absolute Gasteiger partial charge is 0.178 e. The number of nitrogens with zero attached hydrogens (tertiary/aromatic N) is 1. The predicted molar refractivity (Wildman–Crippen MR) is 75.8 cm³/mol. The molecule has 1 fully saturated rings. The molecule has 1 N–H and O–H groups in total. The second-order valence-electron chi connectivity index (χ2n) is 4.79. The van der Waals surface area contributed by atoms with Gasteiger partial charge in [-0.15, -0.1) is 0 Å². The van der Waals surface area contributed by atoms with Crippen molar-refractivity contribution < 1.29 is 9.13 Å². The standard InChI is InChI=1S/C13H14ClFN2OS/c1-2-18-8-3-7(4-8)17-12-5-9(14)10(15)6-11(12)16-13(17)19/h5-8H,2-4H2,1H3,(H,16,19). The van der Waals surface area contributed by atoms with Crippen LogP contribution in [0.3, 0.4) is 0 Å². The van der Waals surface area contributed by atoms with Gasteiger partial charge in [-0.05, 0) is 38.0 Å². The molecule has 0 spiro atoms. The van der Waals surface area contributed by atoms with Gasteiger partial charge in [0.05, 0.1) is 22.2 Å². The van der Waals surface area contributed by atoms with Gasteiger partial charge in [0.15, 0.2) is 4.77 Å². The third-order valence-electron chi connectivity index (χ3n) is 3.60. The number of ether oxygens (including phenoxy) is 1. The molecular weight excluding hydrogens is 287 g/mol. The number of hydrogen-bond donors (Lipinski definition) is 1. The molecule has 0 atom stereocenters. The first kappa shape index (κ1) is 13.1. The Kier molecular flexibility index (Phi) is 3.37. The molecule has 1 aromatic heterocycles. The quantitative estimate of drug-likeness (QED) is 0.860. The first-order valence-electron chi connectivity index (χ1n) is 6.31. The van der Waals surface area contributed by atoms with Crippen LogP contribution in [-0.4, -0.2) is 22.3 Å². The number of rotatable bonds is 3. The molecule has 0 amide bonds. The second-order valence-corrected chi connectivity index (χ2v) is 5.58. The molecule has 0 radical (unpaired) electrons. The monoisotopic (exact) mass is 300 g/mol. The molecule has 1 aromatic carbocycles. The maximum atomic E-state index is 13.4. The molecule has 3 nitrogen and oxygen atoms in total. The lowest BCUT2D eigenvalue weighted by Gasteiger charge is -2.36. The van der Waals surface area contributed by atoms with Crippen molar-refractivity contribution in [3.8, 4) is 0 Å². The number of benzene rings is 1. The number of aromatic nitrogens is 2. The zero-order valence-electron chi connectivity index (χ0n) is 10.5. The topological polar surface area (TPSA) is 29.9 Å². The maximum absolute atomic E-state index is 13.4. The van der Waals surface area contributed by atoms with Crippen LogP contribution in [0.5, 0.6) is 0 Å². The van der Waals surface area contributed by atoms with Crippen molar-refractivity contribution in [2.45, 2.75) is 31.9 Å². The van der Waals surface area contributed by atoms with Crippen LogP contribution in [0.4, 0.5) is 4.39 Å². The minimum atomic E-state index is -0.432. The van der Waals surface area contributed by atoms with Crippen molar-refractivity contribution >= 4 is 34.9 Å². The summed E-state index contributed by atoms with van der Waals surface area (Å²) in [6.07, 6.45) is 2.17. The Morgan fingerprint density at radius 2 is 2.26 bits per heavy atom. The summed E-state index contributed by atoms with van der Waals surface area (Å²) >= 11 is 11.2. The van der Waals surface area contributed by atoms with Gasteiger partial charge in [-0.3, -0.25) is 0 Å². The van der Waals surface area contributed by atoms with Crippen molar-refractivity contribution in [3.05, 3.63) is 27.7 Å². The van der Waals surface area contributed by atoms with Crippen molar-refractivity contribution in [3.63, 3.8) is 0 Å². The van der Waals surface area contributed by atoms with Crippen molar-refractivity contribution in [1.29, 1.82) is 0 Å². The molecule has 2 aromatic rings. The molecule has 1 aliphatic carbocycles. The molecule has 0 bridgehead atoms. The van der Waals surface area contributed by atoms with Gasteiger partial charge < -0.3 is 14.3 Å². The first-order chi connectivity index (χ1) is 9.10. The molecule has 0 saturated heterocycles. The zero-order chi connectivity index (χ0) is 13.6. The summed E-state index contributed by atoms with van der Waals surface area (Å²) in [5, 5.41) is 0.121. The fourth-order valence-electron chi connectivity index (χ4n) is 2.60. The summed E-state index contributed by atoms with van der Waals surface area (Å²) in [6, 6.07) is 3.33. The highest BCUT2D eigenvalue weighted by atomic mass is 35.5. The number of nitrogens with one attached hydrogen (secondary N) is 1. The van der Waals surface area contributed by atoms with Crippen LogP contribution >= 0.6 is 23.8 Å². The van der Waals surface area contributed by atoms with Crippen LogP contribution in [-0.2, 0) is 4.74 Å². The highest BCUT2D eigenvalue weighted by Crippen LogP contribution is 2.37. The van der Waals surface area contributed by atoms with E-state index in [2.05, 4.69) is 4.98 Å². The lowest BCUT2D eigenvalue weighted by Crippen LogP contribution is -2.33. The van der Waals surface area contributed by atoms with Crippen LogP contribution in [0, 0.1) is 10.6 Å². The van der Waals surface area contributed by atoms with Gasteiger partial charge in [0.1, 0.15) is 5.82 Å². The Morgan fingerprint density at radius 3 is 2.95 bits per heavy atom. The Morgan fingerprint density at radius 1 is 1.53 bits per heavy atom. The van der Waals surface area contributed by atoms with Gasteiger partial charge in [-0.1, -0.05) is 11.6 Å². The van der Waals surface area contributed by atoms with E-state index in [0.717, 1.165) is 25.0 Å². The summed E-state index contributed by atoms with van der Waals surface area (Å²) in [5.74, 6) is -0.432. The Labute approximate surface area is 120 Å². The second kappa shape index (κ2) is 4.89. The Bertz CT molecular complexity index is 675. The van der Waals surface area contributed by atoms with Crippen LogP contribution in [0.25, 0.3) is 11.0 Å². The van der Waals surface area contributed by atoms with Crippen molar-refractivity contribution in [2.24, 2.45) is 0 Å². The van der Waals surface area contributed by atoms with Crippen LogP contribution in [0.1, 0.15) is 25.8 Å². The largest absolute Gasteiger partial charge is 0.378 e. The van der Waals surface area contributed by atoms with Gasteiger partial charge in [0, 0.05) is 18.7 Å². The summed E-state index contributed by atoms with van der Waals surface area (Å²) in [4.78, 5) is 3.03. The molecule has 0 unspecified atom stereocenters. The lowest BCUT2D eigenvalue weighted by atomic mass is 9.89. The third-order valence-corrected chi connectivity index (χ3v) is 4.18. The fraction of sp³-hybridized carbons (Fsp3) is 0.462. The van der Waals surface area contributed by atoms with Gasteiger partial charge in [0.25, 0.3) is 0 Å². The summed E-state index contributed by atoms with van der Waals surface area (Å²) in [5.41, 5.74) is 1.54. The van der Waals surface area contributed by atoms with Gasteiger partial charge in [-0.25, -0.2) is 4.39 Å². The Hall–Kier alpha value is -0.910. The SMILES string of the molecule is CCOC1CC(n2c(=S)[nH]c3cc(F)c(Cl)cc32)C1. The molecule has 6 heteroatoms.